The number of halogens is 2. The lowest BCUT2D eigenvalue weighted by molar-refractivity contribution is 0.253. The molecule has 1 rings (SSSR count). The van der Waals surface area contributed by atoms with Gasteiger partial charge in [-0.25, -0.2) is 0 Å². The molecular formula is C24H40Cl2NOP. The molecule has 0 radical (unpaired) electrons. The molecule has 0 aromatic heterocycles. The monoisotopic (exact) mass is 459 g/mol. The Labute approximate surface area is 190 Å². The second kappa shape index (κ2) is 9.80. The fourth-order valence-corrected chi connectivity index (χ4v) is 5.65. The Bertz CT molecular complexity index is 702. The maximum atomic E-state index is 6.92. The van der Waals surface area contributed by atoms with Crippen LogP contribution in [0.2, 0.25) is 0 Å². The van der Waals surface area contributed by atoms with E-state index in [1.54, 1.807) is 0 Å². The second-order valence-corrected chi connectivity index (χ2v) is 13.3. The van der Waals surface area contributed by atoms with Crippen LogP contribution in [-0.2, 0) is 21.0 Å². The molecule has 1 unspecified atom stereocenters. The number of nitrogens with one attached hydrogen (secondary N) is 1. The summed E-state index contributed by atoms with van der Waals surface area (Å²) in [6.07, 6.45) is 0.747. The normalized spacial score (nSPS) is 15.1. The maximum absolute atomic E-state index is 6.92. The minimum Gasteiger partial charge on any atom is -0.483 e. The average Bonchev–Trinajstić information content (AvgIpc) is 2.52. The van der Waals surface area contributed by atoms with Crippen LogP contribution in [0.5, 0.6) is 0 Å². The molecular weight excluding hydrogens is 420 g/mol. The quantitative estimate of drug-likeness (QED) is 0.337. The smallest absolute Gasteiger partial charge is 0.193 e. The van der Waals surface area contributed by atoms with Crippen molar-refractivity contribution in [1.82, 2.24) is 0 Å². The Kier molecular flexibility index (Phi) is 8.99. The van der Waals surface area contributed by atoms with Gasteiger partial charge in [0, 0.05) is 11.0 Å². The highest BCUT2D eigenvalue weighted by atomic mass is 35.7. The number of hydrogen-bond acceptors (Lipinski definition) is 2. The van der Waals surface area contributed by atoms with Crippen molar-refractivity contribution in [3.05, 3.63) is 39.4 Å². The topological polar surface area (TPSA) is 21.3 Å². The Hall–Kier alpha value is -0.430. The molecule has 1 atom stereocenters. The largest absolute Gasteiger partial charge is 0.483 e. The lowest BCUT2D eigenvalue weighted by Crippen LogP contribution is -2.23. The summed E-state index contributed by atoms with van der Waals surface area (Å²) in [6, 6.07) is 4.69. The third-order valence-corrected chi connectivity index (χ3v) is 7.65. The van der Waals surface area contributed by atoms with Crippen molar-refractivity contribution in [2.24, 2.45) is 0 Å². The average molecular weight is 460 g/mol. The van der Waals surface area contributed by atoms with E-state index in [1.165, 1.54) is 16.7 Å². The van der Waals surface area contributed by atoms with E-state index in [4.69, 9.17) is 27.6 Å². The molecule has 0 heterocycles. The number of allylic oxidation sites excluding steroid dienone is 1. The summed E-state index contributed by atoms with van der Waals surface area (Å²) >= 11 is 13.3. The van der Waals surface area contributed by atoms with Crippen molar-refractivity contribution in [2.75, 3.05) is 11.7 Å². The maximum Gasteiger partial charge on any atom is 0.193 e. The van der Waals surface area contributed by atoms with Crippen LogP contribution < -0.4 is 5.09 Å². The molecule has 29 heavy (non-hydrogen) atoms. The summed E-state index contributed by atoms with van der Waals surface area (Å²) in [7, 11) is -1.19. The van der Waals surface area contributed by atoms with Crippen molar-refractivity contribution in [2.45, 2.75) is 98.8 Å². The van der Waals surface area contributed by atoms with E-state index < -0.39 is 7.43 Å². The van der Waals surface area contributed by atoms with Gasteiger partial charge < -0.3 is 9.82 Å². The van der Waals surface area contributed by atoms with E-state index in [1.807, 2.05) is 6.92 Å². The van der Waals surface area contributed by atoms with Gasteiger partial charge in [0.1, 0.15) is 7.43 Å². The molecule has 2 nitrogen and oxygen atoms in total. The molecule has 0 saturated heterocycles. The van der Waals surface area contributed by atoms with Gasteiger partial charge in [-0.05, 0) is 57.9 Å². The highest BCUT2D eigenvalue weighted by Gasteiger charge is 2.30. The van der Waals surface area contributed by atoms with Gasteiger partial charge >= 0.3 is 0 Å². The first-order valence-electron chi connectivity index (χ1n) is 10.5. The summed E-state index contributed by atoms with van der Waals surface area (Å²) in [6.45, 7) is 24.9. The number of hydrogen-bond donors (Lipinski definition) is 1. The van der Waals surface area contributed by atoms with Crippen molar-refractivity contribution < 1.29 is 4.74 Å². The van der Waals surface area contributed by atoms with Crippen LogP contribution in [0.25, 0.3) is 0 Å². The third kappa shape index (κ3) is 7.05. The van der Waals surface area contributed by atoms with E-state index >= 15 is 0 Å². The Morgan fingerprint density at radius 2 is 1.34 bits per heavy atom. The molecule has 0 aliphatic heterocycles. The third-order valence-electron chi connectivity index (χ3n) is 4.90. The molecule has 1 aromatic rings. The van der Waals surface area contributed by atoms with Crippen molar-refractivity contribution in [3.63, 3.8) is 0 Å². The highest BCUT2D eigenvalue weighted by molar-refractivity contribution is 7.88. The number of benzene rings is 1. The van der Waals surface area contributed by atoms with E-state index in [0.29, 0.717) is 11.8 Å². The second-order valence-electron chi connectivity index (χ2n) is 10.6. The first kappa shape index (κ1) is 26.6. The van der Waals surface area contributed by atoms with Crippen LogP contribution in [0.4, 0.5) is 5.69 Å². The Balaban J connectivity index is 3.73. The predicted octanol–water partition coefficient (Wildman–Crippen LogP) is 9.40. The molecule has 0 saturated carbocycles. The molecule has 0 bridgehead atoms. The summed E-state index contributed by atoms with van der Waals surface area (Å²) in [5.41, 5.74) is 5.04. The minimum atomic E-state index is -1.19. The summed E-state index contributed by atoms with van der Waals surface area (Å²) in [5, 5.41) is 5.02. The van der Waals surface area contributed by atoms with Gasteiger partial charge in [-0.15, -0.1) is 0 Å². The lowest BCUT2D eigenvalue weighted by Gasteiger charge is -2.34. The zero-order valence-electron chi connectivity index (χ0n) is 20.2. The summed E-state index contributed by atoms with van der Waals surface area (Å²) in [4.78, 5) is 0. The highest BCUT2D eigenvalue weighted by Crippen LogP contribution is 2.55. The predicted molar refractivity (Wildman–Crippen MR) is 134 cm³/mol. The molecule has 0 aliphatic rings. The van der Waals surface area contributed by atoms with Gasteiger partial charge in [-0.3, -0.25) is 0 Å². The zero-order chi connectivity index (χ0) is 22.8. The Morgan fingerprint density at radius 1 is 0.897 bits per heavy atom. The molecule has 1 N–H and O–H groups in total. The van der Waals surface area contributed by atoms with Gasteiger partial charge in [0.15, 0.2) is 5.22 Å². The molecule has 0 aliphatic carbocycles. The van der Waals surface area contributed by atoms with E-state index in [2.05, 4.69) is 86.5 Å². The van der Waals surface area contributed by atoms with Gasteiger partial charge in [0.2, 0.25) is 0 Å². The van der Waals surface area contributed by atoms with E-state index in [9.17, 15) is 0 Å². The molecule has 0 spiro atoms. The molecule has 1 aromatic carbocycles. The summed E-state index contributed by atoms with van der Waals surface area (Å²) < 4.78 is 5.55. The zero-order valence-corrected chi connectivity index (χ0v) is 22.6. The first-order valence-corrected chi connectivity index (χ1v) is 13.1. The Morgan fingerprint density at radius 3 is 1.66 bits per heavy atom. The van der Waals surface area contributed by atoms with E-state index in [-0.39, 0.29) is 16.2 Å². The molecule has 166 valence electrons. The van der Waals surface area contributed by atoms with Crippen molar-refractivity contribution >= 4 is 36.0 Å². The van der Waals surface area contributed by atoms with E-state index in [0.717, 1.165) is 17.4 Å². The number of rotatable bonds is 6. The fourth-order valence-electron chi connectivity index (χ4n) is 3.11. The van der Waals surface area contributed by atoms with Crippen LogP contribution in [0.1, 0.15) is 99.3 Å². The minimum absolute atomic E-state index is 0.0313. The van der Waals surface area contributed by atoms with Crippen molar-refractivity contribution in [1.29, 1.82) is 0 Å². The molecule has 5 heteroatoms. The van der Waals surface area contributed by atoms with Crippen LogP contribution in [0.3, 0.4) is 0 Å². The lowest BCUT2D eigenvalue weighted by atomic mass is 9.74. The molecule has 0 amide bonds. The van der Waals surface area contributed by atoms with Crippen LogP contribution in [-0.4, -0.2) is 6.61 Å². The van der Waals surface area contributed by atoms with Crippen LogP contribution in [0.15, 0.2) is 22.7 Å². The standard InChI is InChI=1S/C24H40Cl2NOP/c1-12-19(21(25)28-13-2)29(26)27-20-17(23(6,7)8)14-16(22(3,4)5)15-18(20)24(9,10)11/h14-15,27H,12-13H2,1-11H3/b21-19-. The first-order chi connectivity index (χ1) is 13.0. The van der Waals surface area contributed by atoms with Gasteiger partial charge in [0.05, 0.1) is 6.61 Å². The SMILES string of the molecule is CCO/C(Cl)=C(/CC)P(Cl)Nc1c(C(C)(C)C)cc(C(C)(C)C)cc1C(C)(C)C. The van der Waals surface area contributed by atoms with Gasteiger partial charge in [-0.1, -0.05) is 92.6 Å². The van der Waals surface area contributed by atoms with Crippen LogP contribution in [0, 0.1) is 0 Å². The van der Waals surface area contributed by atoms with Crippen LogP contribution >= 0.6 is 30.3 Å². The van der Waals surface area contributed by atoms with Gasteiger partial charge in [0.25, 0.3) is 0 Å². The fraction of sp³-hybridized carbons (Fsp3) is 0.667. The summed E-state index contributed by atoms with van der Waals surface area (Å²) in [5.74, 6) is 0. The number of anilines is 1. The molecule has 0 fully saturated rings. The van der Waals surface area contributed by atoms with Crippen molar-refractivity contribution in [3.8, 4) is 0 Å². The number of ether oxygens (including phenoxy) is 1. The van der Waals surface area contributed by atoms with Gasteiger partial charge in [-0.2, -0.15) is 0 Å².